The molecule has 0 aliphatic heterocycles. The molecule has 0 amide bonds. The third-order valence-electron chi connectivity index (χ3n) is 4.00. The first kappa shape index (κ1) is 21.5. The van der Waals surface area contributed by atoms with Crippen LogP contribution in [0, 0.1) is 13.8 Å². The van der Waals surface area contributed by atoms with Gasteiger partial charge >= 0.3 is 0 Å². The van der Waals surface area contributed by atoms with Crippen LogP contribution in [0.1, 0.15) is 11.1 Å². The molecular formula is C19H24BrNO5S. The highest BCUT2D eigenvalue weighted by molar-refractivity contribution is 9.10. The molecule has 0 aliphatic carbocycles. The summed E-state index contributed by atoms with van der Waals surface area (Å²) in [4.78, 5) is 0.106. The number of methoxy groups -OCH3 is 2. The van der Waals surface area contributed by atoms with Crippen LogP contribution in [-0.2, 0) is 10.0 Å². The van der Waals surface area contributed by atoms with E-state index in [9.17, 15) is 8.42 Å². The Labute approximate surface area is 169 Å². The maximum atomic E-state index is 12.9. The first-order valence-electron chi connectivity index (χ1n) is 8.28. The van der Waals surface area contributed by atoms with Crippen LogP contribution in [0.15, 0.2) is 39.7 Å². The van der Waals surface area contributed by atoms with Crippen molar-refractivity contribution in [3.8, 4) is 17.2 Å². The monoisotopic (exact) mass is 457 g/mol. The van der Waals surface area contributed by atoms with Gasteiger partial charge in [0.05, 0.1) is 14.2 Å². The summed E-state index contributed by atoms with van der Waals surface area (Å²) in [5.74, 6) is 1.52. The Hall–Kier alpha value is -1.77. The Balaban J connectivity index is 2.14. The summed E-state index contributed by atoms with van der Waals surface area (Å²) in [5.41, 5.74) is 2.19. The Bertz CT molecular complexity index is 894. The Morgan fingerprint density at radius 1 is 0.963 bits per heavy atom. The maximum Gasteiger partial charge on any atom is 0.244 e. The van der Waals surface area contributed by atoms with Crippen LogP contribution in [-0.4, -0.2) is 47.1 Å². The van der Waals surface area contributed by atoms with E-state index < -0.39 is 10.0 Å². The molecule has 0 saturated heterocycles. The zero-order valence-electron chi connectivity index (χ0n) is 16.1. The highest BCUT2D eigenvalue weighted by Crippen LogP contribution is 2.36. The molecule has 27 heavy (non-hydrogen) atoms. The lowest BCUT2D eigenvalue weighted by atomic mass is 10.1. The first-order chi connectivity index (χ1) is 12.7. The van der Waals surface area contributed by atoms with E-state index in [1.165, 1.54) is 31.6 Å². The van der Waals surface area contributed by atoms with Gasteiger partial charge in [0, 0.05) is 24.1 Å². The molecule has 0 saturated carbocycles. The van der Waals surface area contributed by atoms with E-state index >= 15 is 0 Å². The number of aryl methyl sites for hydroxylation is 2. The van der Waals surface area contributed by atoms with Crippen molar-refractivity contribution in [2.75, 3.05) is 34.4 Å². The molecular weight excluding hydrogens is 434 g/mol. The lowest BCUT2D eigenvalue weighted by Gasteiger charge is -2.19. The van der Waals surface area contributed by atoms with E-state index in [-0.39, 0.29) is 18.0 Å². The molecule has 0 spiro atoms. The molecule has 0 aromatic heterocycles. The van der Waals surface area contributed by atoms with Crippen LogP contribution < -0.4 is 14.2 Å². The van der Waals surface area contributed by atoms with Gasteiger partial charge in [-0.3, -0.25) is 0 Å². The number of hydrogen-bond donors (Lipinski definition) is 0. The fourth-order valence-corrected chi connectivity index (χ4v) is 4.78. The Kier molecular flexibility index (Phi) is 7.13. The number of sulfonamides is 1. The van der Waals surface area contributed by atoms with Crippen molar-refractivity contribution in [2.24, 2.45) is 0 Å². The summed E-state index contributed by atoms with van der Waals surface area (Å²) in [7, 11) is 0.747. The summed E-state index contributed by atoms with van der Waals surface area (Å²) in [6, 6.07) is 8.92. The van der Waals surface area contributed by atoms with Gasteiger partial charge in [-0.1, -0.05) is 6.07 Å². The minimum atomic E-state index is -3.73. The molecule has 0 fully saturated rings. The van der Waals surface area contributed by atoms with Gasteiger partial charge in [-0.25, -0.2) is 8.42 Å². The van der Waals surface area contributed by atoms with Crippen LogP contribution in [0.2, 0.25) is 0 Å². The fourth-order valence-electron chi connectivity index (χ4n) is 2.63. The Morgan fingerprint density at radius 2 is 1.52 bits per heavy atom. The topological polar surface area (TPSA) is 65.1 Å². The molecule has 2 rings (SSSR count). The second kappa shape index (κ2) is 8.95. The van der Waals surface area contributed by atoms with E-state index in [0.29, 0.717) is 16.0 Å². The van der Waals surface area contributed by atoms with E-state index in [1.807, 2.05) is 26.0 Å². The summed E-state index contributed by atoms with van der Waals surface area (Å²) in [6.07, 6.45) is 0. The second-order valence-corrected chi connectivity index (χ2v) is 9.00. The summed E-state index contributed by atoms with van der Waals surface area (Å²) < 4.78 is 43.6. The van der Waals surface area contributed by atoms with Crippen LogP contribution in [0.25, 0.3) is 0 Å². The molecule has 0 radical (unpaired) electrons. The molecule has 0 unspecified atom stereocenters. The molecule has 0 atom stereocenters. The van der Waals surface area contributed by atoms with Crippen LogP contribution in [0.3, 0.4) is 0 Å². The molecule has 148 valence electrons. The van der Waals surface area contributed by atoms with Crippen molar-refractivity contribution >= 4 is 26.0 Å². The van der Waals surface area contributed by atoms with Gasteiger partial charge in [-0.2, -0.15) is 4.31 Å². The maximum absolute atomic E-state index is 12.9. The summed E-state index contributed by atoms with van der Waals surface area (Å²) >= 11 is 3.30. The molecule has 0 aliphatic rings. The second-order valence-electron chi connectivity index (χ2n) is 6.14. The lowest BCUT2D eigenvalue weighted by Crippen LogP contribution is -2.31. The third kappa shape index (κ3) is 5.15. The molecule has 0 bridgehead atoms. The van der Waals surface area contributed by atoms with Crippen LogP contribution in [0.4, 0.5) is 0 Å². The number of halogens is 1. The zero-order valence-corrected chi connectivity index (χ0v) is 18.5. The predicted octanol–water partition coefficient (Wildman–Crippen LogP) is 3.78. The van der Waals surface area contributed by atoms with Crippen molar-refractivity contribution in [1.29, 1.82) is 0 Å². The van der Waals surface area contributed by atoms with Crippen molar-refractivity contribution in [3.63, 3.8) is 0 Å². The Morgan fingerprint density at radius 3 is 2.07 bits per heavy atom. The number of benzene rings is 2. The number of ether oxygens (including phenoxy) is 3. The van der Waals surface area contributed by atoms with E-state index in [0.717, 1.165) is 16.9 Å². The fraction of sp³-hybridized carbons (Fsp3) is 0.368. The minimum Gasteiger partial charge on any atom is -0.493 e. The van der Waals surface area contributed by atoms with Gasteiger partial charge in [-0.05, 0) is 59.1 Å². The smallest absolute Gasteiger partial charge is 0.244 e. The van der Waals surface area contributed by atoms with Crippen molar-refractivity contribution in [2.45, 2.75) is 18.7 Å². The number of rotatable bonds is 8. The summed E-state index contributed by atoms with van der Waals surface area (Å²) in [6.45, 7) is 4.43. The largest absolute Gasteiger partial charge is 0.493 e. The lowest BCUT2D eigenvalue weighted by molar-refractivity contribution is 0.286. The number of likely N-dealkylation sites (N-methyl/N-ethyl adjacent to an activating group) is 1. The SMILES string of the molecule is COc1cc(Br)c(S(=O)(=O)N(C)CCOc2cc(C)cc(C)c2)cc1OC. The quantitative estimate of drug-likeness (QED) is 0.603. The van der Waals surface area contributed by atoms with Gasteiger partial charge in [0.2, 0.25) is 10.0 Å². The average molecular weight is 458 g/mol. The molecule has 0 heterocycles. The standard InChI is InChI=1S/C19H24BrNO5S/c1-13-8-14(2)10-15(9-13)26-7-6-21(3)27(22,23)19-12-18(25-5)17(24-4)11-16(19)20/h8-12H,6-7H2,1-5H3. The molecule has 0 N–H and O–H groups in total. The molecule has 8 heteroatoms. The average Bonchev–Trinajstić information content (AvgIpc) is 2.60. The van der Waals surface area contributed by atoms with E-state index in [4.69, 9.17) is 14.2 Å². The van der Waals surface area contributed by atoms with Gasteiger partial charge in [-0.15, -0.1) is 0 Å². The van der Waals surface area contributed by atoms with Crippen LogP contribution in [0.5, 0.6) is 17.2 Å². The third-order valence-corrected chi connectivity index (χ3v) is 6.81. The van der Waals surface area contributed by atoms with Gasteiger partial charge in [0.25, 0.3) is 0 Å². The predicted molar refractivity (Wildman–Crippen MR) is 108 cm³/mol. The molecule has 2 aromatic carbocycles. The van der Waals surface area contributed by atoms with Gasteiger partial charge in [0.1, 0.15) is 17.3 Å². The van der Waals surface area contributed by atoms with Crippen molar-refractivity contribution in [1.82, 2.24) is 4.31 Å². The molecule has 2 aromatic rings. The summed E-state index contributed by atoms with van der Waals surface area (Å²) in [5, 5.41) is 0. The normalized spacial score (nSPS) is 11.5. The van der Waals surface area contributed by atoms with Crippen LogP contribution >= 0.6 is 15.9 Å². The van der Waals surface area contributed by atoms with E-state index in [1.54, 1.807) is 6.07 Å². The highest BCUT2D eigenvalue weighted by Gasteiger charge is 2.25. The highest BCUT2D eigenvalue weighted by atomic mass is 79.9. The number of hydrogen-bond acceptors (Lipinski definition) is 5. The first-order valence-corrected chi connectivity index (χ1v) is 10.5. The van der Waals surface area contributed by atoms with Gasteiger partial charge < -0.3 is 14.2 Å². The number of nitrogens with zero attached hydrogens (tertiary/aromatic N) is 1. The zero-order chi connectivity index (χ0) is 20.2. The van der Waals surface area contributed by atoms with Crippen molar-refractivity contribution in [3.05, 3.63) is 45.9 Å². The van der Waals surface area contributed by atoms with E-state index in [2.05, 4.69) is 22.0 Å². The molecule has 6 nitrogen and oxygen atoms in total. The van der Waals surface area contributed by atoms with Crippen molar-refractivity contribution < 1.29 is 22.6 Å². The van der Waals surface area contributed by atoms with Gasteiger partial charge in [0.15, 0.2) is 11.5 Å². The minimum absolute atomic E-state index is 0.106.